The Morgan fingerprint density at radius 1 is 1.47 bits per heavy atom. The highest BCUT2D eigenvalue weighted by molar-refractivity contribution is 9.10. The summed E-state index contributed by atoms with van der Waals surface area (Å²) in [6, 6.07) is 1.91. The van der Waals surface area contributed by atoms with Crippen LogP contribution in [0.2, 0.25) is 0 Å². The fraction of sp³-hybridized carbons (Fsp3) is 0.455. The zero-order chi connectivity index (χ0) is 11.6. The molecule has 1 atom stereocenters. The van der Waals surface area contributed by atoms with E-state index in [0.29, 0.717) is 12.1 Å². The third-order valence-corrected chi connectivity index (χ3v) is 3.29. The minimum absolute atomic E-state index is 0.171. The molecule has 1 aromatic carbocycles. The van der Waals surface area contributed by atoms with Gasteiger partial charge >= 0.3 is 0 Å². The molecule has 0 spiro atoms. The highest BCUT2D eigenvalue weighted by Gasteiger charge is 2.17. The summed E-state index contributed by atoms with van der Waals surface area (Å²) < 4.78 is 0.859. The number of likely N-dealkylation sites (N-methyl/N-ethyl adjacent to an activating group) is 1. The summed E-state index contributed by atoms with van der Waals surface area (Å²) in [5.41, 5.74) is 2.24. The SMILES string of the molecule is CNCC(O)c1c(C)cc(Br)c(C)c1O. The average molecular weight is 274 g/mol. The van der Waals surface area contributed by atoms with E-state index >= 15 is 0 Å². The van der Waals surface area contributed by atoms with Crippen LogP contribution in [0.4, 0.5) is 0 Å². The van der Waals surface area contributed by atoms with Crippen molar-refractivity contribution < 1.29 is 10.2 Å². The molecule has 0 fully saturated rings. The first-order valence-electron chi connectivity index (χ1n) is 4.80. The lowest BCUT2D eigenvalue weighted by Gasteiger charge is -2.17. The molecule has 0 saturated heterocycles. The molecule has 0 bridgehead atoms. The largest absolute Gasteiger partial charge is 0.507 e. The van der Waals surface area contributed by atoms with Gasteiger partial charge in [0.2, 0.25) is 0 Å². The number of halogens is 1. The fourth-order valence-electron chi connectivity index (χ4n) is 1.59. The van der Waals surface area contributed by atoms with Crippen molar-refractivity contribution in [2.24, 2.45) is 0 Å². The summed E-state index contributed by atoms with van der Waals surface area (Å²) in [7, 11) is 1.77. The van der Waals surface area contributed by atoms with E-state index in [9.17, 15) is 10.2 Å². The lowest BCUT2D eigenvalue weighted by molar-refractivity contribution is 0.173. The Balaban J connectivity index is 3.23. The lowest BCUT2D eigenvalue weighted by Crippen LogP contribution is -2.17. The number of hydrogen-bond donors (Lipinski definition) is 3. The van der Waals surface area contributed by atoms with Crippen molar-refractivity contribution in [3.63, 3.8) is 0 Å². The molecule has 0 radical (unpaired) electrons. The molecule has 84 valence electrons. The van der Waals surface area contributed by atoms with Gasteiger partial charge in [-0.15, -0.1) is 0 Å². The van der Waals surface area contributed by atoms with Crippen LogP contribution in [0.5, 0.6) is 5.75 Å². The average Bonchev–Trinajstić information content (AvgIpc) is 2.15. The quantitative estimate of drug-likeness (QED) is 0.790. The second kappa shape index (κ2) is 4.96. The molecule has 0 aliphatic heterocycles. The van der Waals surface area contributed by atoms with Crippen molar-refractivity contribution in [2.75, 3.05) is 13.6 Å². The number of nitrogens with one attached hydrogen (secondary N) is 1. The second-order valence-corrected chi connectivity index (χ2v) is 4.49. The standard InChI is InChI=1S/C11H16BrNO2/c1-6-4-8(12)7(2)11(15)10(6)9(14)5-13-3/h4,9,13-15H,5H2,1-3H3. The Bertz CT molecular complexity index is 366. The smallest absolute Gasteiger partial charge is 0.125 e. The zero-order valence-corrected chi connectivity index (χ0v) is 10.7. The summed E-state index contributed by atoms with van der Waals surface area (Å²) in [6.45, 7) is 4.11. The monoisotopic (exact) mass is 273 g/mol. The Morgan fingerprint density at radius 2 is 2.07 bits per heavy atom. The van der Waals surface area contributed by atoms with Crippen molar-refractivity contribution in [1.29, 1.82) is 0 Å². The predicted molar refractivity (Wildman–Crippen MR) is 64.2 cm³/mol. The van der Waals surface area contributed by atoms with Crippen molar-refractivity contribution >= 4 is 15.9 Å². The van der Waals surface area contributed by atoms with Gasteiger partial charge < -0.3 is 15.5 Å². The van der Waals surface area contributed by atoms with Gasteiger partial charge in [0.1, 0.15) is 5.75 Å². The molecule has 0 heterocycles. The highest BCUT2D eigenvalue weighted by atomic mass is 79.9. The van der Waals surface area contributed by atoms with Gasteiger partial charge in [-0.1, -0.05) is 15.9 Å². The molecule has 4 heteroatoms. The number of aryl methyl sites for hydroxylation is 1. The van der Waals surface area contributed by atoms with Crippen LogP contribution >= 0.6 is 15.9 Å². The molecule has 0 aliphatic rings. The number of benzene rings is 1. The molecule has 3 nitrogen and oxygen atoms in total. The van der Waals surface area contributed by atoms with Gasteiger partial charge in [-0.2, -0.15) is 0 Å². The van der Waals surface area contributed by atoms with Crippen molar-refractivity contribution in [3.8, 4) is 5.75 Å². The second-order valence-electron chi connectivity index (χ2n) is 3.64. The number of phenols is 1. The van der Waals surface area contributed by atoms with Gasteiger partial charge in [0.15, 0.2) is 0 Å². The molecule has 0 aliphatic carbocycles. The van der Waals surface area contributed by atoms with Gasteiger partial charge in [0.25, 0.3) is 0 Å². The van der Waals surface area contributed by atoms with Crippen LogP contribution in [0, 0.1) is 13.8 Å². The van der Waals surface area contributed by atoms with Gasteiger partial charge in [-0.05, 0) is 32.5 Å². The van der Waals surface area contributed by atoms with Crippen LogP contribution in [0.25, 0.3) is 0 Å². The third-order valence-electron chi connectivity index (χ3n) is 2.47. The molecule has 1 aromatic rings. The van der Waals surface area contributed by atoms with E-state index in [0.717, 1.165) is 15.6 Å². The zero-order valence-electron chi connectivity index (χ0n) is 9.13. The van der Waals surface area contributed by atoms with Gasteiger partial charge in [0.05, 0.1) is 6.10 Å². The first-order valence-corrected chi connectivity index (χ1v) is 5.59. The number of rotatable bonds is 3. The highest BCUT2D eigenvalue weighted by Crippen LogP contribution is 2.35. The topological polar surface area (TPSA) is 52.5 Å². The molecular weight excluding hydrogens is 258 g/mol. The van der Waals surface area contributed by atoms with Crippen molar-refractivity contribution in [3.05, 3.63) is 27.2 Å². The van der Waals surface area contributed by atoms with Gasteiger partial charge in [-0.25, -0.2) is 0 Å². The Hall–Kier alpha value is -0.580. The molecular formula is C11H16BrNO2. The van der Waals surface area contributed by atoms with E-state index in [-0.39, 0.29) is 5.75 Å². The van der Waals surface area contributed by atoms with E-state index in [4.69, 9.17) is 0 Å². The first kappa shape index (κ1) is 12.5. The van der Waals surface area contributed by atoms with Crippen LogP contribution in [0.1, 0.15) is 22.8 Å². The van der Waals surface area contributed by atoms with Gasteiger partial charge in [-0.3, -0.25) is 0 Å². The molecule has 1 rings (SSSR count). The number of hydrogen-bond acceptors (Lipinski definition) is 3. The van der Waals surface area contributed by atoms with Crippen LogP contribution in [-0.4, -0.2) is 23.8 Å². The Labute approximate surface area is 98.3 Å². The summed E-state index contributed by atoms with van der Waals surface area (Å²) >= 11 is 3.36. The Morgan fingerprint density at radius 3 is 2.60 bits per heavy atom. The third kappa shape index (κ3) is 2.51. The maximum absolute atomic E-state index is 9.94. The molecule has 3 N–H and O–H groups in total. The van der Waals surface area contributed by atoms with Crippen molar-refractivity contribution in [2.45, 2.75) is 20.0 Å². The van der Waals surface area contributed by atoms with Gasteiger partial charge in [0, 0.05) is 22.1 Å². The molecule has 0 amide bonds. The maximum atomic E-state index is 9.94. The summed E-state index contributed by atoms with van der Waals surface area (Å²) in [4.78, 5) is 0. The van der Waals surface area contributed by atoms with Crippen LogP contribution in [0.15, 0.2) is 10.5 Å². The number of aliphatic hydroxyl groups excluding tert-OH is 1. The normalized spacial score (nSPS) is 12.9. The fourth-order valence-corrected chi connectivity index (χ4v) is 2.13. The maximum Gasteiger partial charge on any atom is 0.125 e. The summed E-state index contributed by atoms with van der Waals surface area (Å²) in [5, 5.41) is 22.7. The molecule has 1 unspecified atom stereocenters. The van der Waals surface area contributed by atoms with Crippen LogP contribution < -0.4 is 5.32 Å². The molecule has 0 aromatic heterocycles. The van der Waals surface area contributed by atoms with Crippen LogP contribution in [-0.2, 0) is 0 Å². The van der Waals surface area contributed by atoms with E-state index in [1.54, 1.807) is 7.05 Å². The number of phenolic OH excluding ortho intramolecular Hbond substituents is 1. The minimum atomic E-state index is -0.679. The summed E-state index contributed by atoms with van der Waals surface area (Å²) in [6.07, 6.45) is -0.679. The Kier molecular flexibility index (Phi) is 4.13. The first-order chi connectivity index (χ1) is 6.99. The number of aliphatic hydroxyl groups is 1. The van der Waals surface area contributed by atoms with Crippen molar-refractivity contribution in [1.82, 2.24) is 5.32 Å². The van der Waals surface area contributed by atoms with Crippen LogP contribution in [0.3, 0.4) is 0 Å². The van der Waals surface area contributed by atoms with E-state index < -0.39 is 6.10 Å². The predicted octanol–water partition coefficient (Wildman–Crippen LogP) is 2.02. The van der Waals surface area contributed by atoms with E-state index in [1.807, 2.05) is 19.9 Å². The minimum Gasteiger partial charge on any atom is -0.507 e. The number of aromatic hydroxyl groups is 1. The lowest BCUT2D eigenvalue weighted by atomic mass is 9.99. The molecule has 15 heavy (non-hydrogen) atoms. The van der Waals surface area contributed by atoms with E-state index in [1.165, 1.54) is 0 Å². The van der Waals surface area contributed by atoms with E-state index in [2.05, 4.69) is 21.2 Å². The molecule has 0 saturated carbocycles. The summed E-state index contributed by atoms with van der Waals surface area (Å²) in [5.74, 6) is 0.171.